The smallest absolute Gasteiger partial charge is 0.211 e. The summed E-state index contributed by atoms with van der Waals surface area (Å²) in [5, 5.41) is -0.0505. The molecule has 0 radical (unpaired) electrons. The zero-order valence-corrected chi connectivity index (χ0v) is 28.7. The number of rotatable bonds is 12. The number of nitrogens with zero attached hydrogens (tertiary/aromatic N) is 6. The molecule has 0 aliphatic rings. The van der Waals surface area contributed by atoms with Crippen LogP contribution in [0.5, 0.6) is 0 Å². The second-order valence-electron chi connectivity index (χ2n) is 10.5. The molecule has 0 fully saturated rings. The molecule has 14 heteroatoms. The average molecular weight is 742 g/mol. The van der Waals surface area contributed by atoms with Gasteiger partial charge in [-0.1, -0.05) is 90.5 Å². The van der Waals surface area contributed by atoms with E-state index < -0.39 is 5.38 Å². The highest BCUT2D eigenvalue weighted by molar-refractivity contribution is 6.31. The number of para-hydroxylation sites is 3. The zero-order valence-electron chi connectivity index (χ0n) is 27.2. The molecule has 0 spiro atoms. The first-order valence-corrected chi connectivity index (χ1v) is 16.0. The minimum absolute atomic E-state index is 0.182. The summed E-state index contributed by atoms with van der Waals surface area (Å²) in [5.41, 5.74) is 5.39. The van der Waals surface area contributed by atoms with Crippen LogP contribution in [0.25, 0.3) is 0 Å². The fraction of sp³-hybridized carbons (Fsp3) is 0.0769. The number of carbonyl (C=O) groups excluding carboxylic acids is 6. The Morgan fingerprint density at radius 2 is 0.887 bits per heavy atom. The molecule has 5 rings (SSSR count). The number of benzene rings is 5. The van der Waals surface area contributed by atoms with Crippen LogP contribution in [-0.4, -0.2) is 36.5 Å². The van der Waals surface area contributed by atoms with Crippen molar-refractivity contribution in [2.24, 2.45) is 30.0 Å². The van der Waals surface area contributed by atoms with E-state index >= 15 is 0 Å². The second kappa shape index (κ2) is 20.0. The number of isocyanates is 6. The molecule has 0 aliphatic heterocycles. The summed E-state index contributed by atoms with van der Waals surface area (Å²) in [6.45, 7) is 0. The topological polar surface area (TPSA) is 177 Å². The number of alkyl halides is 1. The molecule has 258 valence electrons. The first-order chi connectivity index (χ1) is 25.9. The third-order valence-electron chi connectivity index (χ3n) is 7.54. The Hall–Kier alpha value is -7.04. The van der Waals surface area contributed by atoms with Gasteiger partial charge in [-0.15, -0.1) is 11.6 Å². The van der Waals surface area contributed by atoms with Crippen LogP contribution < -0.4 is 0 Å². The van der Waals surface area contributed by atoms with Gasteiger partial charge in [-0.05, 0) is 52.1 Å². The van der Waals surface area contributed by atoms with Gasteiger partial charge < -0.3 is 0 Å². The molecule has 0 aromatic heterocycles. The monoisotopic (exact) mass is 740 g/mol. The highest BCUT2D eigenvalue weighted by Gasteiger charge is 2.18. The lowest BCUT2D eigenvalue weighted by Crippen LogP contribution is -1.99. The van der Waals surface area contributed by atoms with E-state index in [-0.39, 0.29) is 40.5 Å². The molecule has 0 N–H and O–H groups in total. The van der Waals surface area contributed by atoms with Gasteiger partial charge in [0.25, 0.3) is 0 Å². The number of aliphatic imine (C=N–C) groups is 6. The standard InChI is InChI=1S/C24H13ClN4O4.C15H9ClN2O2/c25-20-7-1-4-16(10-17-5-2-8-21(26-12-30)23(17)28-14-32)19(20)11-18-6-3-9-22(27-13-31)24(18)29-15-33;16-14(11-5-2-1-3-6-11)12-7-4-8-13(17-9-19)15(12)18-10-20/h1-9H,10-11H2;1-8,14H. The van der Waals surface area contributed by atoms with Gasteiger partial charge in [0.2, 0.25) is 36.5 Å². The minimum atomic E-state index is -0.509. The van der Waals surface area contributed by atoms with Crippen molar-refractivity contribution in [3.05, 3.63) is 142 Å². The summed E-state index contributed by atoms with van der Waals surface area (Å²) in [7, 11) is 0. The van der Waals surface area contributed by atoms with Crippen molar-refractivity contribution in [1.29, 1.82) is 0 Å². The Morgan fingerprint density at radius 1 is 0.453 bits per heavy atom. The van der Waals surface area contributed by atoms with Gasteiger partial charge in [0, 0.05) is 23.4 Å². The molecule has 0 amide bonds. The average Bonchev–Trinajstić information content (AvgIpc) is 3.17. The summed E-state index contributed by atoms with van der Waals surface area (Å²) in [5.74, 6) is 0. The predicted molar refractivity (Wildman–Crippen MR) is 197 cm³/mol. The van der Waals surface area contributed by atoms with Gasteiger partial charge >= 0.3 is 0 Å². The molecule has 12 nitrogen and oxygen atoms in total. The van der Waals surface area contributed by atoms with E-state index in [1.165, 1.54) is 48.6 Å². The maximum absolute atomic E-state index is 11.0. The van der Waals surface area contributed by atoms with Crippen LogP contribution >= 0.6 is 23.2 Å². The van der Waals surface area contributed by atoms with Crippen molar-refractivity contribution in [2.45, 2.75) is 18.2 Å². The van der Waals surface area contributed by atoms with Gasteiger partial charge in [-0.25, -0.2) is 28.8 Å². The summed E-state index contributed by atoms with van der Waals surface area (Å²) in [6.07, 6.45) is 9.30. The lowest BCUT2D eigenvalue weighted by Gasteiger charge is -2.14. The summed E-state index contributed by atoms with van der Waals surface area (Å²) >= 11 is 12.9. The first-order valence-electron chi connectivity index (χ1n) is 15.2. The predicted octanol–water partition coefficient (Wildman–Crippen LogP) is 9.34. The summed E-state index contributed by atoms with van der Waals surface area (Å²) < 4.78 is 0. The van der Waals surface area contributed by atoms with Crippen molar-refractivity contribution in [3.63, 3.8) is 0 Å². The Labute approximate surface area is 311 Å². The molecule has 5 aromatic carbocycles. The van der Waals surface area contributed by atoms with E-state index in [1.54, 1.807) is 54.6 Å². The fourth-order valence-electron chi connectivity index (χ4n) is 5.29. The van der Waals surface area contributed by atoms with Crippen LogP contribution in [0.2, 0.25) is 5.02 Å². The van der Waals surface area contributed by atoms with Crippen LogP contribution in [0.4, 0.5) is 34.1 Å². The van der Waals surface area contributed by atoms with E-state index in [4.69, 9.17) is 23.2 Å². The second-order valence-corrected chi connectivity index (χ2v) is 11.4. The van der Waals surface area contributed by atoms with Crippen molar-refractivity contribution >= 4 is 93.8 Å². The Bertz CT molecular complexity index is 2440. The lowest BCUT2D eigenvalue weighted by molar-refractivity contribution is 0.564. The lowest BCUT2D eigenvalue weighted by atomic mass is 9.93. The zero-order chi connectivity index (χ0) is 38.0. The third kappa shape index (κ3) is 10.0. The van der Waals surface area contributed by atoms with Crippen molar-refractivity contribution in [3.8, 4) is 0 Å². The first kappa shape index (κ1) is 38.8. The molecule has 0 saturated carbocycles. The molecule has 1 atom stereocenters. The summed E-state index contributed by atoms with van der Waals surface area (Å²) in [4.78, 5) is 86.1. The largest absolute Gasteiger partial charge is 0.240 e. The van der Waals surface area contributed by atoms with Crippen LogP contribution in [0, 0.1) is 0 Å². The maximum Gasteiger partial charge on any atom is 0.240 e. The molecule has 1 unspecified atom stereocenters. The molecular weight excluding hydrogens is 719 g/mol. The molecule has 5 aromatic rings. The van der Waals surface area contributed by atoms with Crippen molar-refractivity contribution in [1.82, 2.24) is 0 Å². The van der Waals surface area contributed by atoms with E-state index in [1.807, 2.05) is 36.4 Å². The van der Waals surface area contributed by atoms with Crippen molar-refractivity contribution < 1.29 is 28.8 Å². The fourth-order valence-corrected chi connectivity index (χ4v) is 5.88. The SMILES string of the molecule is O=C=Nc1cccc(C(Cl)c2ccccc2)c1N=C=O.O=C=Nc1cccc(Cc2cccc(Cl)c2Cc2cccc(N=C=O)c2N=C=O)c1N=C=O. The summed E-state index contributed by atoms with van der Waals surface area (Å²) in [6, 6.07) is 29.5. The molecule has 53 heavy (non-hydrogen) atoms. The molecule has 0 bridgehead atoms. The molecule has 0 saturated heterocycles. The van der Waals surface area contributed by atoms with Crippen LogP contribution in [0.3, 0.4) is 0 Å². The van der Waals surface area contributed by atoms with Crippen LogP contribution in [0.1, 0.15) is 38.8 Å². The quantitative estimate of drug-likeness (QED) is 0.0699. The van der Waals surface area contributed by atoms with E-state index in [0.717, 1.165) is 16.7 Å². The van der Waals surface area contributed by atoms with E-state index in [0.29, 0.717) is 28.1 Å². The van der Waals surface area contributed by atoms with Crippen LogP contribution in [0.15, 0.2) is 133 Å². The number of halogens is 2. The van der Waals surface area contributed by atoms with Gasteiger partial charge in [0.1, 0.15) is 34.1 Å². The number of hydrogen-bond donors (Lipinski definition) is 0. The minimum Gasteiger partial charge on any atom is -0.211 e. The van der Waals surface area contributed by atoms with Crippen molar-refractivity contribution in [2.75, 3.05) is 0 Å². The number of hydrogen-bond acceptors (Lipinski definition) is 12. The normalized spacial score (nSPS) is 10.2. The van der Waals surface area contributed by atoms with Gasteiger partial charge in [-0.3, -0.25) is 0 Å². The van der Waals surface area contributed by atoms with Gasteiger partial charge in [0.05, 0.1) is 5.38 Å². The maximum atomic E-state index is 11.0. The third-order valence-corrected chi connectivity index (χ3v) is 8.38. The van der Waals surface area contributed by atoms with Gasteiger partial charge in [-0.2, -0.15) is 30.0 Å². The molecular formula is C39H22Cl2N6O6. The Balaban J connectivity index is 0.000000267. The molecule has 0 aliphatic carbocycles. The highest BCUT2D eigenvalue weighted by Crippen LogP contribution is 2.41. The Morgan fingerprint density at radius 3 is 1.42 bits per heavy atom. The Kier molecular flexibility index (Phi) is 14.6. The molecule has 0 heterocycles. The van der Waals surface area contributed by atoms with E-state index in [2.05, 4.69) is 30.0 Å². The van der Waals surface area contributed by atoms with Crippen LogP contribution in [-0.2, 0) is 41.6 Å². The van der Waals surface area contributed by atoms with E-state index in [9.17, 15) is 28.8 Å². The van der Waals surface area contributed by atoms with Gasteiger partial charge in [0.15, 0.2) is 0 Å². The highest BCUT2D eigenvalue weighted by atomic mass is 35.5.